The monoisotopic (exact) mass is 248 g/mol. The van der Waals surface area contributed by atoms with E-state index in [4.69, 9.17) is 16.7 Å². The smallest absolute Gasteiger partial charge is 0.256 e. The summed E-state index contributed by atoms with van der Waals surface area (Å²) in [6.07, 6.45) is 0. The van der Waals surface area contributed by atoms with Crippen molar-refractivity contribution >= 4 is 23.3 Å². The zero-order valence-corrected chi connectivity index (χ0v) is 9.48. The first-order chi connectivity index (χ1) is 8.15. The van der Waals surface area contributed by atoms with Crippen molar-refractivity contribution in [2.75, 3.05) is 5.32 Å². The number of carbonyl (C=O) groups excluding carboxylic acids is 1. The number of phenols is 1. The van der Waals surface area contributed by atoms with Crippen molar-refractivity contribution in [1.82, 2.24) is 4.98 Å². The molecule has 0 aliphatic rings. The van der Waals surface area contributed by atoms with E-state index in [0.29, 0.717) is 16.5 Å². The molecule has 17 heavy (non-hydrogen) atoms. The van der Waals surface area contributed by atoms with Gasteiger partial charge in [-0.1, -0.05) is 17.7 Å². The Kier molecular flexibility index (Phi) is 3.25. The molecule has 2 N–H and O–H groups in total. The number of aromatic hydroxyl groups is 1. The van der Waals surface area contributed by atoms with E-state index in [-0.39, 0.29) is 11.7 Å². The van der Waals surface area contributed by atoms with Crippen LogP contribution in [0.5, 0.6) is 5.75 Å². The van der Waals surface area contributed by atoms with Gasteiger partial charge >= 0.3 is 0 Å². The number of hydrogen-bond acceptors (Lipinski definition) is 3. The van der Waals surface area contributed by atoms with Crippen LogP contribution in [-0.4, -0.2) is 16.0 Å². The standard InChI is InChI=1S/C12H9ClN2O2/c13-10-2-1-3-11(14-10)15-12(17)8-4-6-9(16)7-5-8/h1-7,16H,(H,14,15,17). The molecule has 4 nitrogen and oxygen atoms in total. The van der Waals surface area contributed by atoms with Gasteiger partial charge in [0, 0.05) is 5.56 Å². The third-order valence-electron chi connectivity index (χ3n) is 2.09. The van der Waals surface area contributed by atoms with Crippen molar-refractivity contribution in [3.8, 4) is 5.75 Å². The van der Waals surface area contributed by atoms with Crippen molar-refractivity contribution in [3.05, 3.63) is 53.2 Å². The Morgan fingerprint density at radius 3 is 2.53 bits per heavy atom. The van der Waals surface area contributed by atoms with Crippen molar-refractivity contribution in [2.24, 2.45) is 0 Å². The molecule has 5 heteroatoms. The van der Waals surface area contributed by atoms with E-state index >= 15 is 0 Å². The van der Waals surface area contributed by atoms with Gasteiger partial charge in [-0.2, -0.15) is 0 Å². The highest BCUT2D eigenvalue weighted by atomic mass is 35.5. The molecule has 0 aliphatic carbocycles. The Hall–Kier alpha value is -2.07. The highest BCUT2D eigenvalue weighted by Gasteiger charge is 2.06. The van der Waals surface area contributed by atoms with Gasteiger partial charge in [0.2, 0.25) is 0 Å². The van der Waals surface area contributed by atoms with Gasteiger partial charge < -0.3 is 10.4 Å². The molecule has 1 heterocycles. The lowest BCUT2D eigenvalue weighted by Crippen LogP contribution is -2.12. The van der Waals surface area contributed by atoms with E-state index < -0.39 is 0 Å². The summed E-state index contributed by atoms with van der Waals surface area (Å²) in [6.45, 7) is 0. The number of pyridine rings is 1. The summed E-state index contributed by atoms with van der Waals surface area (Å²) < 4.78 is 0. The minimum atomic E-state index is -0.306. The maximum Gasteiger partial charge on any atom is 0.256 e. The molecule has 0 bridgehead atoms. The van der Waals surface area contributed by atoms with Crippen LogP contribution >= 0.6 is 11.6 Å². The summed E-state index contributed by atoms with van der Waals surface area (Å²) in [4.78, 5) is 15.7. The van der Waals surface area contributed by atoms with E-state index in [1.807, 2.05) is 0 Å². The molecule has 0 saturated heterocycles. The van der Waals surface area contributed by atoms with E-state index in [9.17, 15) is 4.79 Å². The Morgan fingerprint density at radius 2 is 1.88 bits per heavy atom. The highest BCUT2D eigenvalue weighted by Crippen LogP contribution is 2.13. The largest absolute Gasteiger partial charge is 0.508 e. The molecule has 2 aromatic rings. The summed E-state index contributed by atoms with van der Waals surface area (Å²) in [5, 5.41) is 12.0. The molecule has 2 rings (SSSR count). The van der Waals surface area contributed by atoms with Gasteiger partial charge in [0.25, 0.3) is 5.91 Å². The zero-order chi connectivity index (χ0) is 12.3. The Bertz CT molecular complexity index is 540. The Labute approximate surface area is 103 Å². The first kappa shape index (κ1) is 11.4. The third-order valence-corrected chi connectivity index (χ3v) is 2.30. The summed E-state index contributed by atoms with van der Waals surface area (Å²) >= 11 is 5.70. The molecule has 1 aromatic carbocycles. The lowest BCUT2D eigenvalue weighted by molar-refractivity contribution is 0.102. The van der Waals surface area contributed by atoms with Crippen molar-refractivity contribution in [3.63, 3.8) is 0 Å². The molecular weight excluding hydrogens is 240 g/mol. The number of hydrogen-bond donors (Lipinski definition) is 2. The maximum atomic E-state index is 11.8. The highest BCUT2D eigenvalue weighted by molar-refractivity contribution is 6.29. The number of halogens is 1. The number of amides is 1. The number of rotatable bonds is 2. The SMILES string of the molecule is O=C(Nc1cccc(Cl)n1)c1ccc(O)cc1. The lowest BCUT2D eigenvalue weighted by atomic mass is 10.2. The van der Waals surface area contributed by atoms with Crippen LogP contribution in [0.4, 0.5) is 5.82 Å². The lowest BCUT2D eigenvalue weighted by Gasteiger charge is -2.04. The molecular formula is C12H9ClN2O2. The summed E-state index contributed by atoms with van der Waals surface area (Å²) in [5.74, 6) is 0.192. The van der Waals surface area contributed by atoms with Crippen molar-refractivity contribution in [2.45, 2.75) is 0 Å². The number of anilines is 1. The number of nitrogens with one attached hydrogen (secondary N) is 1. The van der Waals surface area contributed by atoms with Crippen molar-refractivity contribution in [1.29, 1.82) is 0 Å². The molecule has 0 atom stereocenters. The van der Waals surface area contributed by atoms with Gasteiger partial charge in [-0.3, -0.25) is 4.79 Å². The third kappa shape index (κ3) is 2.95. The van der Waals surface area contributed by atoms with Crippen LogP contribution in [0.2, 0.25) is 5.15 Å². The summed E-state index contributed by atoms with van der Waals surface area (Å²) in [7, 11) is 0. The Balaban J connectivity index is 2.14. The average Bonchev–Trinajstić information content (AvgIpc) is 2.29. The maximum absolute atomic E-state index is 11.8. The number of aromatic nitrogens is 1. The minimum Gasteiger partial charge on any atom is -0.508 e. The molecule has 1 aromatic heterocycles. The van der Waals surface area contributed by atoms with Crippen LogP contribution in [0, 0.1) is 0 Å². The Morgan fingerprint density at radius 1 is 1.18 bits per heavy atom. The molecule has 1 amide bonds. The van der Waals surface area contributed by atoms with E-state index in [2.05, 4.69) is 10.3 Å². The van der Waals surface area contributed by atoms with Gasteiger partial charge in [-0.15, -0.1) is 0 Å². The first-order valence-electron chi connectivity index (χ1n) is 4.88. The fourth-order valence-corrected chi connectivity index (χ4v) is 1.44. The summed E-state index contributed by atoms with van der Waals surface area (Å²) in [5.41, 5.74) is 0.435. The topological polar surface area (TPSA) is 62.2 Å². The van der Waals surface area contributed by atoms with Crippen LogP contribution in [0.15, 0.2) is 42.5 Å². The van der Waals surface area contributed by atoms with Crippen LogP contribution in [0.25, 0.3) is 0 Å². The number of phenolic OH excluding ortho intramolecular Hbond substituents is 1. The molecule has 0 fully saturated rings. The molecule has 0 saturated carbocycles. The fourth-order valence-electron chi connectivity index (χ4n) is 1.28. The fraction of sp³-hybridized carbons (Fsp3) is 0. The van der Waals surface area contributed by atoms with E-state index in [1.165, 1.54) is 24.3 Å². The second kappa shape index (κ2) is 4.84. The van der Waals surface area contributed by atoms with Crippen LogP contribution in [-0.2, 0) is 0 Å². The minimum absolute atomic E-state index is 0.113. The molecule has 86 valence electrons. The van der Waals surface area contributed by atoms with Gasteiger partial charge in [-0.05, 0) is 36.4 Å². The van der Waals surface area contributed by atoms with Gasteiger partial charge in [0.1, 0.15) is 16.7 Å². The van der Waals surface area contributed by atoms with Gasteiger partial charge in [-0.25, -0.2) is 4.98 Å². The predicted molar refractivity (Wildman–Crippen MR) is 65.3 cm³/mol. The second-order valence-corrected chi connectivity index (χ2v) is 3.73. The van der Waals surface area contributed by atoms with Gasteiger partial charge in [0.15, 0.2) is 0 Å². The number of nitrogens with zero attached hydrogens (tertiary/aromatic N) is 1. The molecule has 0 aliphatic heterocycles. The molecule has 0 unspecified atom stereocenters. The normalized spacial score (nSPS) is 9.94. The molecule has 0 radical (unpaired) electrons. The average molecular weight is 249 g/mol. The van der Waals surface area contributed by atoms with E-state index in [1.54, 1.807) is 18.2 Å². The predicted octanol–water partition coefficient (Wildman–Crippen LogP) is 2.69. The molecule has 0 spiro atoms. The van der Waals surface area contributed by atoms with Crippen LogP contribution in [0.1, 0.15) is 10.4 Å². The quantitative estimate of drug-likeness (QED) is 0.804. The van der Waals surface area contributed by atoms with Crippen molar-refractivity contribution < 1.29 is 9.90 Å². The second-order valence-electron chi connectivity index (χ2n) is 3.35. The van der Waals surface area contributed by atoms with Crippen LogP contribution in [0.3, 0.4) is 0 Å². The first-order valence-corrected chi connectivity index (χ1v) is 5.26. The van der Waals surface area contributed by atoms with E-state index in [0.717, 1.165) is 0 Å². The van der Waals surface area contributed by atoms with Crippen LogP contribution < -0.4 is 5.32 Å². The zero-order valence-electron chi connectivity index (χ0n) is 8.72. The number of carbonyl (C=O) groups is 1. The van der Waals surface area contributed by atoms with Gasteiger partial charge in [0.05, 0.1) is 0 Å². The summed E-state index contributed by atoms with van der Waals surface area (Å²) in [6, 6.07) is 10.9. The number of benzene rings is 1.